The van der Waals surface area contributed by atoms with E-state index in [1.54, 1.807) is 4.74 Å². The number of hydrogen-bond donors (Lipinski definition) is 0. The van der Waals surface area contributed by atoms with Gasteiger partial charge in [0, 0.05) is 0 Å². The van der Waals surface area contributed by atoms with Gasteiger partial charge in [-0.15, -0.1) is 0 Å². The maximum absolute atomic E-state index is 12.6. The van der Waals surface area contributed by atoms with Crippen LogP contribution in [0, 0.1) is 0 Å². The van der Waals surface area contributed by atoms with Crippen LogP contribution in [0.25, 0.3) is 0 Å². The summed E-state index contributed by atoms with van der Waals surface area (Å²) in [5.74, 6) is -6.65. The van der Waals surface area contributed by atoms with Crippen LogP contribution in [-0.4, -0.2) is 38.2 Å². The third-order valence-corrected chi connectivity index (χ3v) is 2.44. The SMILES string of the molecule is O=S(=O)(F)C(F)(F)C(F)(F)OC(F)(C(F)F)C(F)(F)F. The average molecular weight is 350 g/mol. The number of hydrogen-bond acceptors (Lipinski definition) is 3. The van der Waals surface area contributed by atoms with Gasteiger partial charge in [-0.2, -0.15) is 43.5 Å². The Morgan fingerprint density at radius 3 is 1.40 bits per heavy atom. The van der Waals surface area contributed by atoms with Crippen molar-refractivity contribution in [3.63, 3.8) is 0 Å². The van der Waals surface area contributed by atoms with Crippen LogP contribution in [0.2, 0.25) is 0 Å². The summed E-state index contributed by atoms with van der Waals surface area (Å²) in [5.41, 5.74) is 0. The highest BCUT2D eigenvalue weighted by Gasteiger charge is 2.76. The summed E-state index contributed by atoms with van der Waals surface area (Å²) >= 11 is 0. The van der Waals surface area contributed by atoms with Gasteiger partial charge >= 0.3 is 40.0 Å². The molecule has 0 aromatic carbocycles. The third kappa shape index (κ3) is 3.07. The first-order valence-electron chi connectivity index (χ1n) is 3.84. The highest BCUT2D eigenvalue weighted by Crippen LogP contribution is 2.49. The normalized spacial score (nSPS) is 18.2. The number of rotatable bonds is 5. The lowest BCUT2D eigenvalue weighted by molar-refractivity contribution is -0.458. The van der Waals surface area contributed by atoms with Crippen molar-refractivity contribution in [2.75, 3.05) is 0 Å². The lowest BCUT2D eigenvalue weighted by atomic mass is 10.3. The van der Waals surface area contributed by atoms with Crippen LogP contribution in [0.4, 0.5) is 47.8 Å². The maximum atomic E-state index is 12.6. The lowest BCUT2D eigenvalue weighted by Crippen LogP contribution is -2.58. The summed E-state index contributed by atoms with van der Waals surface area (Å²) in [6, 6.07) is 0. The molecule has 122 valence electrons. The quantitative estimate of drug-likeness (QED) is 0.566. The Balaban J connectivity index is 5.79. The first-order chi connectivity index (χ1) is 8.40. The van der Waals surface area contributed by atoms with Gasteiger partial charge in [-0.3, -0.25) is 4.74 Å². The van der Waals surface area contributed by atoms with E-state index in [1.807, 2.05) is 0 Å². The Morgan fingerprint density at radius 2 is 1.20 bits per heavy atom. The van der Waals surface area contributed by atoms with Crippen LogP contribution >= 0.6 is 0 Å². The smallest absolute Gasteiger partial charge is 0.264 e. The molecule has 1 unspecified atom stereocenters. The molecule has 0 heterocycles. The van der Waals surface area contributed by atoms with Crippen molar-refractivity contribution < 1.29 is 60.9 Å². The van der Waals surface area contributed by atoms with Gasteiger partial charge in [0.2, 0.25) is 0 Å². The second-order valence-corrected chi connectivity index (χ2v) is 4.41. The molecule has 0 fully saturated rings. The molecule has 0 aromatic heterocycles. The van der Waals surface area contributed by atoms with Gasteiger partial charge in [0.15, 0.2) is 0 Å². The molecule has 20 heavy (non-hydrogen) atoms. The van der Waals surface area contributed by atoms with E-state index in [1.165, 1.54) is 0 Å². The second-order valence-electron chi connectivity index (χ2n) is 3.02. The van der Waals surface area contributed by atoms with Gasteiger partial charge < -0.3 is 0 Å². The van der Waals surface area contributed by atoms with Gasteiger partial charge in [0.1, 0.15) is 0 Å². The van der Waals surface area contributed by atoms with Gasteiger partial charge in [0.25, 0.3) is 0 Å². The third-order valence-electron chi connectivity index (χ3n) is 1.59. The van der Waals surface area contributed by atoms with E-state index < -0.39 is 40.0 Å². The fourth-order valence-corrected chi connectivity index (χ4v) is 0.940. The number of ether oxygens (including phenoxy) is 1. The number of alkyl halides is 10. The summed E-state index contributed by atoms with van der Waals surface area (Å²) < 4.78 is 153. The molecule has 0 N–H and O–H groups in total. The van der Waals surface area contributed by atoms with Crippen LogP contribution < -0.4 is 0 Å². The van der Waals surface area contributed by atoms with Gasteiger partial charge in [-0.05, 0) is 0 Å². The first-order valence-corrected chi connectivity index (χ1v) is 5.22. The van der Waals surface area contributed by atoms with E-state index >= 15 is 0 Å². The Bertz CT molecular complexity index is 453. The largest absolute Gasteiger partial charge is 0.464 e. The Labute approximate surface area is 102 Å². The molecule has 0 bridgehead atoms. The fraction of sp³-hybridized carbons (Fsp3) is 1.00. The fourth-order valence-electron chi connectivity index (χ4n) is 0.614. The van der Waals surface area contributed by atoms with Crippen LogP contribution in [0.3, 0.4) is 0 Å². The van der Waals surface area contributed by atoms with Gasteiger partial charge in [-0.25, -0.2) is 8.78 Å². The lowest BCUT2D eigenvalue weighted by Gasteiger charge is -2.32. The van der Waals surface area contributed by atoms with Crippen LogP contribution in [-0.2, 0) is 15.0 Å². The highest BCUT2D eigenvalue weighted by molar-refractivity contribution is 7.87. The van der Waals surface area contributed by atoms with Crippen LogP contribution in [0.1, 0.15) is 0 Å². The Morgan fingerprint density at radius 1 is 0.850 bits per heavy atom. The molecule has 0 spiro atoms. The van der Waals surface area contributed by atoms with E-state index in [-0.39, 0.29) is 0 Å². The van der Waals surface area contributed by atoms with Crippen molar-refractivity contribution in [3.05, 3.63) is 0 Å². The van der Waals surface area contributed by atoms with E-state index in [9.17, 15) is 56.2 Å². The zero-order valence-electron chi connectivity index (χ0n) is 8.37. The molecule has 0 rings (SSSR count). The van der Waals surface area contributed by atoms with Crippen LogP contribution in [0.15, 0.2) is 0 Å². The molecular formula is C5HF11O3S. The second kappa shape index (κ2) is 4.85. The predicted molar refractivity (Wildman–Crippen MR) is 36.9 cm³/mol. The van der Waals surface area contributed by atoms with E-state index in [0.717, 1.165) is 0 Å². The molecule has 0 aromatic rings. The zero-order chi connectivity index (χ0) is 16.8. The molecule has 0 aliphatic rings. The van der Waals surface area contributed by atoms with Gasteiger partial charge in [0.05, 0.1) is 0 Å². The monoisotopic (exact) mass is 350 g/mol. The summed E-state index contributed by atoms with van der Waals surface area (Å²) in [6.07, 6.45) is -19.5. The zero-order valence-corrected chi connectivity index (χ0v) is 9.18. The molecule has 15 heteroatoms. The molecule has 1 atom stereocenters. The number of halogens is 11. The topological polar surface area (TPSA) is 43.4 Å². The van der Waals surface area contributed by atoms with Crippen molar-refractivity contribution in [2.24, 2.45) is 0 Å². The summed E-state index contributed by atoms with van der Waals surface area (Å²) in [7, 11) is -7.59. The molecule has 0 aliphatic carbocycles. The maximum Gasteiger partial charge on any atom is 0.464 e. The van der Waals surface area contributed by atoms with Crippen molar-refractivity contribution in [1.29, 1.82) is 0 Å². The minimum Gasteiger partial charge on any atom is -0.264 e. The summed E-state index contributed by atoms with van der Waals surface area (Å²) in [6.45, 7) is 0. The molecule has 3 nitrogen and oxygen atoms in total. The van der Waals surface area contributed by atoms with E-state index in [4.69, 9.17) is 0 Å². The van der Waals surface area contributed by atoms with Gasteiger partial charge in [-0.1, -0.05) is 3.89 Å². The van der Waals surface area contributed by atoms with E-state index in [2.05, 4.69) is 0 Å². The van der Waals surface area contributed by atoms with Crippen LogP contribution in [0.5, 0.6) is 0 Å². The summed E-state index contributed by atoms with van der Waals surface area (Å²) in [4.78, 5) is 0. The highest BCUT2D eigenvalue weighted by atomic mass is 32.3. The molecule has 0 saturated heterocycles. The molecular weight excluding hydrogens is 349 g/mol. The average Bonchev–Trinajstić information content (AvgIpc) is 2.12. The Kier molecular flexibility index (Phi) is 4.64. The molecule has 0 aliphatic heterocycles. The Hall–Kier alpha value is -0.860. The molecule has 0 saturated carbocycles. The van der Waals surface area contributed by atoms with Crippen molar-refractivity contribution in [1.82, 2.24) is 0 Å². The van der Waals surface area contributed by atoms with E-state index in [0.29, 0.717) is 0 Å². The standard InChI is InChI=1S/C5HF11O3S/c6-1(7)2(8,3(9,10)11)19-4(12,13)5(14,15)20(16,17)18/h1H. The van der Waals surface area contributed by atoms with Crippen molar-refractivity contribution in [3.8, 4) is 0 Å². The summed E-state index contributed by atoms with van der Waals surface area (Å²) in [5, 5.41) is -7.03. The minimum absolute atomic E-state index is 1.60. The first kappa shape index (κ1) is 19.1. The molecule has 0 amide bonds. The van der Waals surface area contributed by atoms with Crippen molar-refractivity contribution >= 4 is 10.2 Å². The molecule has 0 radical (unpaired) electrons. The minimum atomic E-state index is -7.59. The predicted octanol–water partition coefficient (Wildman–Crippen LogP) is 2.98. The van der Waals surface area contributed by atoms with Crippen molar-refractivity contribution in [2.45, 2.75) is 29.8 Å².